The Kier molecular flexibility index (Phi) is 5.35. The van der Waals surface area contributed by atoms with Gasteiger partial charge in [-0.1, -0.05) is 12.1 Å². The predicted molar refractivity (Wildman–Crippen MR) is 72.8 cm³/mol. The van der Waals surface area contributed by atoms with Crippen LogP contribution in [0.2, 0.25) is 0 Å². The van der Waals surface area contributed by atoms with E-state index in [0.717, 1.165) is 9.37 Å². The third-order valence-electron chi connectivity index (χ3n) is 2.36. The van der Waals surface area contributed by atoms with Gasteiger partial charge in [-0.25, -0.2) is 0 Å². The normalized spacial score (nSPS) is 10.6. The molecule has 0 aliphatic carbocycles. The number of benzene rings is 1. The van der Waals surface area contributed by atoms with Crippen molar-refractivity contribution in [1.29, 1.82) is 0 Å². The zero-order valence-corrected chi connectivity index (χ0v) is 12.1. The molecule has 1 rings (SSSR count). The van der Waals surface area contributed by atoms with Crippen LogP contribution < -0.4 is 0 Å². The Morgan fingerprint density at radius 3 is 2.62 bits per heavy atom. The molecule has 0 bridgehead atoms. The summed E-state index contributed by atoms with van der Waals surface area (Å²) < 4.78 is 1.04. The third-order valence-corrected chi connectivity index (χ3v) is 4.37. The van der Waals surface area contributed by atoms with E-state index in [0.29, 0.717) is 5.75 Å². The van der Waals surface area contributed by atoms with Gasteiger partial charge in [-0.05, 0) is 41.9 Å². The molecule has 0 N–H and O–H groups in total. The van der Waals surface area contributed by atoms with E-state index in [-0.39, 0.29) is 11.9 Å². The zero-order valence-electron chi connectivity index (χ0n) is 9.74. The van der Waals surface area contributed by atoms with Crippen LogP contribution in [0.25, 0.3) is 0 Å². The second-order valence-electron chi connectivity index (χ2n) is 3.82. The van der Waals surface area contributed by atoms with Gasteiger partial charge in [0.1, 0.15) is 0 Å². The van der Waals surface area contributed by atoms with Crippen LogP contribution >= 0.6 is 27.7 Å². The largest absolute Gasteiger partial charge is 0.343 e. The summed E-state index contributed by atoms with van der Waals surface area (Å²) in [7, 11) is 1.84. The Labute approximate surface area is 110 Å². The van der Waals surface area contributed by atoms with Gasteiger partial charge in [-0.2, -0.15) is 0 Å². The number of rotatable bonds is 4. The highest BCUT2D eigenvalue weighted by atomic mass is 79.9. The Morgan fingerprint density at radius 1 is 1.44 bits per heavy atom. The smallest absolute Gasteiger partial charge is 0.232 e. The van der Waals surface area contributed by atoms with Crippen molar-refractivity contribution in [2.45, 2.75) is 24.8 Å². The molecule has 4 heteroatoms. The van der Waals surface area contributed by atoms with E-state index in [1.807, 2.05) is 45.2 Å². The highest BCUT2D eigenvalue weighted by Crippen LogP contribution is 2.27. The van der Waals surface area contributed by atoms with Gasteiger partial charge in [-0.3, -0.25) is 4.79 Å². The summed E-state index contributed by atoms with van der Waals surface area (Å²) >= 11 is 5.03. The quantitative estimate of drug-likeness (QED) is 0.794. The summed E-state index contributed by atoms with van der Waals surface area (Å²) in [6.45, 7) is 4.03. The fraction of sp³-hybridized carbons (Fsp3) is 0.417. The van der Waals surface area contributed by atoms with Crippen LogP contribution in [0.15, 0.2) is 33.6 Å². The van der Waals surface area contributed by atoms with Gasteiger partial charge in [0, 0.05) is 22.5 Å². The number of hydrogen-bond donors (Lipinski definition) is 0. The molecule has 0 unspecified atom stereocenters. The second kappa shape index (κ2) is 6.30. The minimum atomic E-state index is 0.163. The first-order valence-corrected chi connectivity index (χ1v) is 6.93. The molecule has 0 atom stereocenters. The maximum Gasteiger partial charge on any atom is 0.232 e. The number of amides is 1. The van der Waals surface area contributed by atoms with Crippen LogP contribution in [-0.2, 0) is 4.79 Å². The van der Waals surface area contributed by atoms with Crippen molar-refractivity contribution in [2.24, 2.45) is 0 Å². The van der Waals surface area contributed by atoms with Crippen molar-refractivity contribution in [1.82, 2.24) is 4.90 Å². The molecule has 2 nitrogen and oxygen atoms in total. The lowest BCUT2D eigenvalue weighted by molar-refractivity contribution is -0.128. The summed E-state index contributed by atoms with van der Waals surface area (Å²) in [5, 5.41) is 0. The molecule has 0 radical (unpaired) electrons. The summed E-state index contributed by atoms with van der Waals surface area (Å²) in [6, 6.07) is 8.20. The lowest BCUT2D eigenvalue weighted by atomic mass is 10.3. The topological polar surface area (TPSA) is 20.3 Å². The number of nitrogens with zero attached hydrogens (tertiary/aromatic N) is 1. The van der Waals surface area contributed by atoms with Gasteiger partial charge in [0.15, 0.2) is 0 Å². The van der Waals surface area contributed by atoms with Crippen molar-refractivity contribution in [3.8, 4) is 0 Å². The lowest BCUT2D eigenvalue weighted by Gasteiger charge is -2.21. The first-order chi connectivity index (χ1) is 7.52. The number of hydrogen-bond acceptors (Lipinski definition) is 2. The Balaban J connectivity index is 2.52. The van der Waals surface area contributed by atoms with Crippen LogP contribution in [0.5, 0.6) is 0 Å². The van der Waals surface area contributed by atoms with E-state index in [1.165, 1.54) is 0 Å². The van der Waals surface area contributed by atoms with E-state index in [1.54, 1.807) is 16.7 Å². The zero-order chi connectivity index (χ0) is 12.1. The number of carbonyl (C=O) groups excluding carboxylic acids is 1. The number of carbonyl (C=O) groups is 1. The average molecular weight is 302 g/mol. The lowest BCUT2D eigenvalue weighted by Crippen LogP contribution is -2.34. The monoisotopic (exact) mass is 301 g/mol. The van der Waals surface area contributed by atoms with E-state index in [9.17, 15) is 4.79 Å². The van der Waals surface area contributed by atoms with Crippen molar-refractivity contribution in [3.05, 3.63) is 28.7 Å². The molecule has 16 heavy (non-hydrogen) atoms. The average Bonchev–Trinajstić information content (AvgIpc) is 2.26. The highest BCUT2D eigenvalue weighted by Gasteiger charge is 2.12. The molecular weight excluding hydrogens is 286 g/mol. The maximum atomic E-state index is 11.8. The number of halogens is 1. The Hall–Kier alpha value is -0.480. The van der Waals surface area contributed by atoms with Crippen LogP contribution in [0.1, 0.15) is 13.8 Å². The van der Waals surface area contributed by atoms with Crippen molar-refractivity contribution in [3.63, 3.8) is 0 Å². The standard InChI is InChI=1S/C12H16BrNOS/c1-9(2)14(3)12(15)8-16-11-7-5-4-6-10(11)13/h4-7,9H,8H2,1-3H3. The molecule has 0 aliphatic rings. The molecule has 0 spiro atoms. The van der Waals surface area contributed by atoms with Gasteiger partial charge >= 0.3 is 0 Å². The summed E-state index contributed by atoms with van der Waals surface area (Å²) in [4.78, 5) is 14.6. The molecule has 0 aliphatic heterocycles. The molecule has 0 heterocycles. The Bertz CT molecular complexity index is 368. The molecule has 88 valence electrons. The fourth-order valence-corrected chi connectivity index (χ4v) is 2.58. The van der Waals surface area contributed by atoms with E-state index in [4.69, 9.17) is 0 Å². The van der Waals surface area contributed by atoms with E-state index >= 15 is 0 Å². The SMILES string of the molecule is CC(C)N(C)C(=O)CSc1ccccc1Br. The molecule has 0 saturated carbocycles. The Morgan fingerprint density at radius 2 is 2.06 bits per heavy atom. The summed E-state index contributed by atoms with van der Waals surface area (Å²) in [5.41, 5.74) is 0. The fourth-order valence-electron chi connectivity index (χ4n) is 1.09. The van der Waals surface area contributed by atoms with E-state index in [2.05, 4.69) is 15.9 Å². The first kappa shape index (κ1) is 13.6. The van der Waals surface area contributed by atoms with Gasteiger partial charge in [0.25, 0.3) is 0 Å². The van der Waals surface area contributed by atoms with Crippen molar-refractivity contribution in [2.75, 3.05) is 12.8 Å². The minimum absolute atomic E-state index is 0.163. The molecule has 1 aromatic carbocycles. The molecular formula is C12H16BrNOS. The third kappa shape index (κ3) is 3.83. The molecule has 1 aromatic rings. The van der Waals surface area contributed by atoms with Crippen LogP contribution in [0.3, 0.4) is 0 Å². The van der Waals surface area contributed by atoms with Gasteiger partial charge in [0.05, 0.1) is 5.75 Å². The van der Waals surface area contributed by atoms with Gasteiger partial charge < -0.3 is 4.90 Å². The minimum Gasteiger partial charge on any atom is -0.343 e. The van der Waals surface area contributed by atoms with Crippen molar-refractivity contribution >= 4 is 33.6 Å². The summed E-state index contributed by atoms with van der Waals surface area (Å²) in [6.07, 6.45) is 0. The van der Waals surface area contributed by atoms with Crippen LogP contribution in [-0.4, -0.2) is 29.6 Å². The van der Waals surface area contributed by atoms with Gasteiger partial charge in [0.2, 0.25) is 5.91 Å². The summed E-state index contributed by atoms with van der Waals surface area (Å²) in [5.74, 6) is 0.646. The van der Waals surface area contributed by atoms with Crippen LogP contribution in [0.4, 0.5) is 0 Å². The van der Waals surface area contributed by atoms with Crippen molar-refractivity contribution < 1.29 is 4.79 Å². The maximum absolute atomic E-state index is 11.8. The second-order valence-corrected chi connectivity index (χ2v) is 5.69. The molecule has 0 fully saturated rings. The molecule has 0 aromatic heterocycles. The predicted octanol–water partition coefficient (Wildman–Crippen LogP) is 3.41. The van der Waals surface area contributed by atoms with Crippen LogP contribution in [0, 0.1) is 0 Å². The van der Waals surface area contributed by atoms with Gasteiger partial charge in [-0.15, -0.1) is 11.8 Å². The molecule has 0 saturated heterocycles. The highest BCUT2D eigenvalue weighted by molar-refractivity contribution is 9.10. The molecule has 1 amide bonds. The number of thioether (sulfide) groups is 1. The first-order valence-electron chi connectivity index (χ1n) is 5.15. The van der Waals surface area contributed by atoms with E-state index < -0.39 is 0 Å².